The fraction of sp³-hybridized carbons (Fsp3) is 0.417. The van der Waals surface area contributed by atoms with Gasteiger partial charge in [-0.2, -0.15) is 0 Å². The molecule has 9 nitrogen and oxygen atoms in total. The van der Waals surface area contributed by atoms with E-state index in [4.69, 9.17) is 20.6 Å². The van der Waals surface area contributed by atoms with Crippen molar-refractivity contribution in [2.24, 2.45) is 17.6 Å². The number of allylic oxidation sites excluding steroid dienone is 1. The summed E-state index contributed by atoms with van der Waals surface area (Å²) in [5.41, 5.74) is 6.91. The maximum absolute atomic E-state index is 13.0. The number of hydrogen-bond acceptors (Lipinski definition) is 8. The van der Waals surface area contributed by atoms with Crippen LogP contribution < -0.4 is 10.5 Å². The fourth-order valence-corrected chi connectivity index (χ4v) is 4.07. The van der Waals surface area contributed by atoms with Crippen molar-refractivity contribution in [3.8, 4) is 11.5 Å². The van der Waals surface area contributed by atoms with Gasteiger partial charge in [0.05, 0.1) is 30.6 Å². The van der Waals surface area contributed by atoms with E-state index in [1.165, 1.54) is 6.07 Å². The number of Topliss-reactive ketones (excluding diaryl/α,β-unsaturated/α-hetero) is 2. The maximum Gasteiger partial charge on any atom is 0.344 e. The number of phenolic OH excluding ortho intramolecular Hbond substituents is 1. The van der Waals surface area contributed by atoms with E-state index in [-0.39, 0.29) is 48.5 Å². The highest BCUT2D eigenvalue weighted by molar-refractivity contribution is 6.07. The molecule has 0 amide bonds. The Hall–Kier alpha value is -3.62. The number of nitrogens with zero attached hydrogens (tertiary/aromatic N) is 1. The average Bonchev–Trinajstić information content (AvgIpc) is 3.17. The summed E-state index contributed by atoms with van der Waals surface area (Å²) in [5, 5.41) is 18.4. The average molecular weight is 456 g/mol. The van der Waals surface area contributed by atoms with Gasteiger partial charge in [-0.25, -0.2) is 4.79 Å². The summed E-state index contributed by atoms with van der Waals surface area (Å²) in [7, 11) is 0. The molecule has 0 saturated carbocycles. The Kier molecular flexibility index (Phi) is 7.52. The Morgan fingerprint density at radius 2 is 2.06 bits per heavy atom. The van der Waals surface area contributed by atoms with Gasteiger partial charge >= 0.3 is 5.97 Å². The minimum Gasteiger partial charge on any atom is -0.507 e. The summed E-state index contributed by atoms with van der Waals surface area (Å²) in [4.78, 5) is 38.9. The van der Waals surface area contributed by atoms with Crippen LogP contribution in [0.2, 0.25) is 0 Å². The number of esters is 1. The molecule has 1 aromatic rings. The monoisotopic (exact) mass is 455 g/mol. The molecule has 0 spiro atoms. The highest BCUT2D eigenvalue weighted by Crippen LogP contribution is 2.34. The number of ether oxygens (including phenoxy) is 2. The number of rotatable bonds is 10. The lowest BCUT2D eigenvalue weighted by Gasteiger charge is -2.22. The molecule has 2 atom stereocenters. The number of nitrogens with one attached hydrogen (secondary N) is 1. The third kappa shape index (κ3) is 5.24. The lowest BCUT2D eigenvalue weighted by molar-refractivity contribution is -0.145. The second-order valence-corrected chi connectivity index (χ2v) is 8.01. The molecule has 9 heteroatoms. The van der Waals surface area contributed by atoms with Gasteiger partial charge in [-0.1, -0.05) is 25.5 Å². The van der Waals surface area contributed by atoms with E-state index in [0.717, 1.165) is 5.57 Å². The zero-order valence-corrected chi connectivity index (χ0v) is 18.8. The zero-order valence-electron chi connectivity index (χ0n) is 18.8. The van der Waals surface area contributed by atoms with Crippen LogP contribution in [0, 0.1) is 17.2 Å². The Bertz CT molecular complexity index is 1030. The standard InChI is InChI=1S/C24H29N3O6/c1-3-5-16-20(33-13-21(29)32-4-2)9-8-15(22(16)30)19(28)12-27-10-14-6-7-17(24(25)26)23(31)18(14)11-27/h6-10,17-18,30H,3-5,11-13H2,1-2H3,(H3,25,26). The third-order valence-corrected chi connectivity index (χ3v) is 5.65. The summed E-state index contributed by atoms with van der Waals surface area (Å²) in [6.45, 7) is 3.88. The van der Waals surface area contributed by atoms with Gasteiger partial charge in [-0.3, -0.25) is 15.0 Å². The molecule has 0 fully saturated rings. The van der Waals surface area contributed by atoms with Gasteiger partial charge in [-0.05, 0) is 31.1 Å². The number of ketones is 2. The van der Waals surface area contributed by atoms with Crippen LogP contribution in [0.3, 0.4) is 0 Å². The van der Waals surface area contributed by atoms with E-state index >= 15 is 0 Å². The second kappa shape index (κ2) is 10.3. The summed E-state index contributed by atoms with van der Waals surface area (Å²) in [6.07, 6.45) is 6.30. The number of hydrogen-bond donors (Lipinski definition) is 3. The smallest absolute Gasteiger partial charge is 0.344 e. The molecule has 0 saturated heterocycles. The minimum absolute atomic E-state index is 0.0198. The van der Waals surface area contributed by atoms with E-state index in [1.807, 2.05) is 6.92 Å². The van der Waals surface area contributed by atoms with Crippen molar-refractivity contribution in [3.05, 3.63) is 47.2 Å². The minimum atomic E-state index is -0.731. The van der Waals surface area contributed by atoms with Gasteiger partial charge in [0.2, 0.25) is 0 Å². The van der Waals surface area contributed by atoms with E-state index in [9.17, 15) is 19.5 Å². The number of phenols is 1. The highest BCUT2D eigenvalue weighted by atomic mass is 16.6. The van der Waals surface area contributed by atoms with Crippen LogP contribution in [-0.4, -0.2) is 59.7 Å². The normalized spacial score (nSPS) is 19.2. The maximum atomic E-state index is 13.0. The topological polar surface area (TPSA) is 143 Å². The van der Waals surface area contributed by atoms with Gasteiger partial charge in [0.15, 0.2) is 18.2 Å². The molecule has 2 unspecified atom stereocenters. The van der Waals surface area contributed by atoms with E-state index in [1.54, 1.807) is 36.2 Å². The zero-order chi connectivity index (χ0) is 24.1. The first kappa shape index (κ1) is 24.0. The van der Waals surface area contributed by atoms with Crippen LogP contribution in [-0.2, 0) is 20.7 Å². The molecule has 1 aromatic carbocycles. The Balaban J connectivity index is 1.73. The Morgan fingerprint density at radius 3 is 2.73 bits per heavy atom. The number of nitrogens with two attached hydrogens (primary N) is 1. The summed E-state index contributed by atoms with van der Waals surface area (Å²) >= 11 is 0. The van der Waals surface area contributed by atoms with E-state index in [0.29, 0.717) is 30.7 Å². The van der Waals surface area contributed by atoms with Crippen LogP contribution in [0.15, 0.2) is 36.1 Å². The number of benzene rings is 1. The molecule has 1 heterocycles. The van der Waals surface area contributed by atoms with Crippen molar-refractivity contribution >= 4 is 23.4 Å². The summed E-state index contributed by atoms with van der Waals surface area (Å²) < 4.78 is 10.4. The molecular formula is C24H29N3O6. The molecule has 176 valence electrons. The molecule has 3 rings (SSSR count). The summed E-state index contributed by atoms with van der Waals surface area (Å²) in [5.74, 6) is -2.16. The fourth-order valence-electron chi connectivity index (χ4n) is 4.07. The van der Waals surface area contributed by atoms with Gasteiger partial charge < -0.3 is 25.2 Å². The SMILES string of the molecule is CCCc1c(OCC(=O)OCC)ccc(C(=O)CN2C=C3C=CC(C(=N)N)C(=O)C3C2)c1O. The van der Waals surface area contributed by atoms with Crippen molar-refractivity contribution in [3.63, 3.8) is 0 Å². The quantitative estimate of drug-likeness (QED) is 0.210. The highest BCUT2D eigenvalue weighted by Gasteiger charge is 2.37. The molecule has 0 aromatic heterocycles. The third-order valence-electron chi connectivity index (χ3n) is 5.65. The Morgan fingerprint density at radius 1 is 1.30 bits per heavy atom. The number of carbonyl (C=O) groups is 3. The second-order valence-electron chi connectivity index (χ2n) is 8.01. The molecule has 1 aliphatic heterocycles. The lowest BCUT2D eigenvalue weighted by Crippen LogP contribution is -2.37. The first-order chi connectivity index (χ1) is 15.8. The molecule has 0 radical (unpaired) electrons. The van der Waals surface area contributed by atoms with E-state index in [2.05, 4.69) is 0 Å². The van der Waals surface area contributed by atoms with Gasteiger partial charge in [-0.15, -0.1) is 0 Å². The predicted molar refractivity (Wildman–Crippen MR) is 121 cm³/mol. The van der Waals surface area contributed by atoms with Gasteiger partial charge in [0.1, 0.15) is 17.3 Å². The summed E-state index contributed by atoms with van der Waals surface area (Å²) in [6, 6.07) is 3.05. The van der Waals surface area contributed by atoms with Crippen LogP contribution >= 0.6 is 0 Å². The van der Waals surface area contributed by atoms with Gasteiger partial charge in [0.25, 0.3) is 0 Å². The lowest BCUT2D eigenvalue weighted by atomic mass is 9.83. The molecule has 33 heavy (non-hydrogen) atoms. The van der Waals surface area contributed by atoms with Crippen molar-refractivity contribution < 1.29 is 29.0 Å². The van der Waals surface area contributed by atoms with Crippen molar-refractivity contribution in [2.45, 2.75) is 26.7 Å². The van der Waals surface area contributed by atoms with Crippen molar-refractivity contribution in [1.82, 2.24) is 4.90 Å². The van der Waals surface area contributed by atoms with E-state index < -0.39 is 17.8 Å². The first-order valence-corrected chi connectivity index (χ1v) is 10.9. The van der Waals surface area contributed by atoms with Crippen molar-refractivity contribution in [1.29, 1.82) is 5.41 Å². The number of carbonyl (C=O) groups excluding carboxylic acids is 3. The molecule has 4 N–H and O–H groups in total. The number of fused-ring (bicyclic) bond motifs is 1. The van der Waals surface area contributed by atoms with Crippen LogP contribution in [0.4, 0.5) is 0 Å². The first-order valence-electron chi connectivity index (χ1n) is 10.9. The number of aromatic hydroxyl groups is 1. The molecular weight excluding hydrogens is 426 g/mol. The van der Waals surface area contributed by atoms with Crippen LogP contribution in [0.1, 0.15) is 36.2 Å². The molecule has 0 bridgehead atoms. The molecule has 1 aliphatic carbocycles. The van der Waals surface area contributed by atoms with Crippen molar-refractivity contribution in [2.75, 3.05) is 26.3 Å². The largest absolute Gasteiger partial charge is 0.507 e. The van der Waals surface area contributed by atoms with Gasteiger partial charge in [0, 0.05) is 18.3 Å². The predicted octanol–water partition coefficient (Wildman–Crippen LogP) is 1.98. The number of amidine groups is 1. The van der Waals surface area contributed by atoms with Crippen LogP contribution in [0.5, 0.6) is 11.5 Å². The Labute approximate surface area is 192 Å². The molecule has 2 aliphatic rings. The van der Waals surface area contributed by atoms with Crippen LogP contribution in [0.25, 0.3) is 0 Å².